The zero-order valence-electron chi connectivity index (χ0n) is 18.8. The predicted molar refractivity (Wildman–Crippen MR) is 114 cm³/mol. The molecule has 0 fully saturated rings. The van der Waals surface area contributed by atoms with Gasteiger partial charge in [-0.3, -0.25) is 0 Å². The van der Waals surface area contributed by atoms with Gasteiger partial charge in [-0.05, 0) is 12.8 Å². The van der Waals surface area contributed by atoms with Crippen molar-refractivity contribution in [2.75, 3.05) is 5.75 Å². The van der Waals surface area contributed by atoms with Gasteiger partial charge in [0.2, 0.25) is 0 Å². The molecule has 1 unspecified atom stereocenters. The number of hydrogen-bond acceptors (Lipinski definition) is 4. The molecule has 4 nitrogen and oxygen atoms in total. The largest absolute Gasteiger partial charge is 1.00 e. The summed E-state index contributed by atoms with van der Waals surface area (Å²) >= 11 is 0. The summed E-state index contributed by atoms with van der Waals surface area (Å²) in [6.45, 7) is 2.27. The smallest absolute Gasteiger partial charge is 0.748 e. The Labute approximate surface area is 218 Å². The monoisotopic (exact) mass is 444 g/mol. The van der Waals surface area contributed by atoms with Gasteiger partial charge in [-0.2, -0.15) is 0 Å². The van der Waals surface area contributed by atoms with Gasteiger partial charge in [0, 0.05) is 5.75 Å². The number of hydrogen-bond donors (Lipinski definition) is 1. The van der Waals surface area contributed by atoms with E-state index < -0.39 is 22.0 Å². The summed E-state index contributed by atoms with van der Waals surface area (Å²) in [5.41, 5.74) is 0. The minimum absolute atomic E-state index is 0. The molecule has 0 aromatic heterocycles. The summed E-state index contributed by atoms with van der Waals surface area (Å²) in [4.78, 5) is 0. The van der Waals surface area contributed by atoms with Gasteiger partial charge in [-0.25, -0.2) is 8.42 Å². The van der Waals surface area contributed by atoms with E-state index in [4.69, 9.17) is 0 Å². The van der Waals surface area contributed by atoms with E-state index in [0.29, 0.717) is 6.42 Å². The molecule has 0 heterocycles. The molecule has 0 amide bonds. The molecule has 0 aliphatic heterocycles. The van der Waals surface area contributed by atoms with Crippen LogP contribution in [0.25, 0.3) is 0 Å². The maximum atomic E-state index is 10.5. The van der Waals surface area contributed by atoms with Crippen LogP contribution in [0.2, 0.25) is 0 Å². The topological polar surface area (TPSA) is 77.4 Å². The fourth-order valence-electron chi connectivity index (χ4n) is 3.53. The Morgan fingerprint density at radius 2 is 0.964 bits per heavy atom. The van der Waals surface area contributed by atoms with E-state index in [9.17, 15) is 18.1 Å². The van der Waals surface area contributed by atoms with Gasteiger partial charge in [0.15, 0.2) is 0 Å². The van der Waals surface area contributed by atoms with Crippen molar-refractivity contribution in [1.82, 2.24) is 0 Å². The van der Waals surface area contributed by atoms with Crippen LogP contribution in [0.4, 0.5) is 0 Å². The molecule has 0 rings (SSSR count). The quantitative estimate of drug-likeness (QED) is 0.167. The average molecular weight is 445 g/mol. The van der Waals surface area contributed by atoms with E-state index in [1.165, 1.54) is 96.3 Å². The minimum Gasteiger partial charge on any atom is -0.748 e. The van der Waals surface area contributed by atoms with E-state index in [1.807, 2.05) is 0 Å². The van der Waals surface area contributed by atoms with Crippen LogP contribution in [0.3, 0.4) is 0 Å². The molecule has 0 aromatic carbocycles. The fraction of sp³-hybridized carbons (Fsp3) is 1.00. The molecule has 0 saturated heterocycles. The number of aliphatic hydroxyl groups is 1. The zero-order valence-corrected chi connectivity index (χ0v) is 22.7. The number of unbranched alkanes of at least 4 members (excludes halogenated alkanes) is 16. The Hall–Kier alpha value is 1.51. The molecule has 1 N–H and O–H groups in total. The van der Waals surface area contributed by atoms with Crippen LogP contribution in [0, 0.1) is 0 Å². The molecule has 0 bridgehead atoms. The fourth-order valence-corrected chi connectivity index (χ4v) is 4.09. The first kappa shape index (κ1) is 31.7. The standard InChI is InChI=1S/C22H46O4S.K/c1-2-3-4-5-6-7-8-9-10-11-12-13-14-15-16-17-18-19-22(23)20-21-27(24,25)26;/h22-23H,2-21H2,1H3,(H,24,25,26);/q;+1/p-1. The Morgan fingerprint density at radius 1 is 0.643 bits per heavy atom. The molecule has 6 heteroatoms. The van der Waals surface area contributed by atoms with Gasteiger partial charge < -0.3 is 9.66 Å². The van der Waals surface area contributed by atoms with E-state index in [-0.39, 0.29) is 57.8 Å². The molecule has 164 valence electrons. The van der Waals surface area contributed by atoms with Crippen LogP contribution in [0.5, 0.6) is 0 Å². The summed E-state index contributed by atoms with van der Waals surface area (Å²) in [5.74, 6) is -0.451. The second-order valence-electron chi connectivity index (χ2n) is 8.15. The summed E-state index contributed by atoms with van der Waals surface area (Å²) in [6, 6.07) is 0. The van der Waals surface area contributed by atoms with Crippen LogP contribution in [0.15, 0.2) is 0 Å². The Bertz CT molecular complexity index is 401. The second-order valence-corrected chi connectivity index (χ2v) is 9.67. The van der Waals surface area contributed by atoms with Gasteiger partial charge in [-0.1, -0.05) is 116 Å². The molecule has 0 aromatic rings. The van der Waals surface area contributed by atoms with Gasteiger partial charge >= 0.3 is 51.4 Å². The molecule has 28 heavy (non-hydrogen) atoms. The molecule has 0 aliphatic rings. The maximum Gasteiger partial charge on any atom is 1.00 e. The van der Waals surface area contributed by atoms with Crippen LogP contribution in [-0.4, -0.2) is 29.9 Å². The van der Waals surface area contributed by atoms with Crippen molar-refractivity contribution < 1.29 is 69.5 Å². The van der Waals surface area contributed by atoms with Crippen molar-refractivity contribution in [3.05, 3.63) is 0 Å². The maximum absolute atomic E-state index is 10.5. The van der Waals surface area contributed by atoms with E-state index in [0.717, 1.165) is 12.8 Å². The van der Waals surface area contributed by atoms with Crippen molar-refractivity contribution in [3.8, 4) is 0 Å². The molecule has 0 radical (unpaired) electrons. The summed E-state index contributed by atoms with van der Waals surface area (Å²) < 4.78 is 31.5. The minimum atomic E-state index is -4.19. The molecule has 1 atom stereocenters. The Kier molecular flexibility index (Phi) is 26.2. The predicted octanol–water partition coefficient (Wildman–Crippen LogP) is 3.33. The number of aliphatic hydroxyl groups excluding tert-OH is 1. The molecule has 0 spiro atoms. The first-order chi connectivity index (χ1) is 13.0. The van der Waals surface area contributed by atoms with Gasteiger partial charge in [0.25, 0.3) is 0 Å². The van der Waals surface area contributed by atoms with Crippen molar-refractivity contribution in [3.63, 3.8) is 0 Å². The second kappa shape index (κ2) is 23.2. The van der Waals surface area contributed by atoms with Crippen LogP contribution < -0.4 is 51.4 Å². The van der Waals surface area contributed by atoms with Crippen LogP contribution in [-0.2, 0) is 10.1 Å². The Balaban J connectivity index is 0. The van der Waals surface area contributed by atoms with Gasteiger partial charge in [0.05, 0.1) is 16.2 Å². The van der Waals surface area contributed by atoms with Crippen molar-refractivity contribution in [2.24, 2.45) is 0 Å². The molecular formula is C22H45KO4S. The Morgan fingerprint density at radius 3 is 1.29 bits per heavy atom. The zero-order chi connectivity index (χ0) is 20.2. The van der Waals surface area contributed by atoms with E-state index >= 15 is 0 Å². The molecular weight excluding hydrogens is 399 g/mol. The SMILES string of the molecule is CCCCCCCCCCCCCCCCCCCC(O)CCS(=O)(=O)[O-].[K+]. The van der Waals surface area contributed by atoms with Gasteiger partial charge in [0.1, 0.15) is 0 Å². The summed E-state index contributed by atoms with van der Waals surface area (Å²) in [7, 11) is -4.19. The van der Waals surface area contributed by atoms with Crippen molar-refractivity contribution >= 4 is 10.1 Å². The third kappa shape index (κ3) is 27.5. The average Bonchev–Trinajstić information content (AvgIpc) is 2.62. The number of rotatable bonds is 21. The summed E-state index contributed by atoms with van der Waals surface area (Å²) in [5, 5.41) is 9.63. The first-order valence-corrected chi connectivity index (χ1v) is 13.1. The normalized spacial score (nSPS) is 12.7. The molecule has 0 aliphatic carbocycles. The van der Waals surface area contributed by atoms with Gasteiger partial charge in [-0.15, -0.1) is 0 Å². The summed E-state index contributed by atoms with van der Waals surface area (Å²) in [6.07, 6.45) is 22.5. The molecule has 0 saturated carbocycles. The third-order valence-corrected chi connectivity index (χ3v) is 6.08. The van der Waals surface area contributed by atoms with E-state index in [2.05, 4.69) is 6.92 Å². The van der Waals surface area contributed by atoms with Crippen LogP contribution >= 0.6 is 0 Å². The van der Waals surface area contributed by atoms with Crippen molar-refractivity contribution in [1.29, 1.82) is 0 Å². The third-order valence-electron chi connectivity index (χ3n) is 5.34. The van der Waals surface area contributed by atoms with E-state index in [1.54, 1.807) is 0 Å². The van der Waals surface area contributed by atoms with Crippen LogP contribution in [0.1, 0.15) is 129 Å². The van der Waals surface area contributed by atoms with Crippen molar-refractivity contribution in [2.45, 2.75) is 135 Å². The first-order valence-electron chi connectivity index (χ1n) is 11.6.